The number of fused-ring (bicyclic) bond motifs is 4. The average molecular weight is 534 g/mol. The van der Waals surface area contributed by atoms with Crippen LogP contribution in [-0.4, -0.2) is 38.6 Å². The maximum Gasteiger partial charge on any atom is 0.328 e. The predicted octanol–water partition coefficient (Wildman–Crippen LogP) is 7.06. The first kappa shape index (κ1) is 25.1. The minimum absolute atomic E-state index is 0.638. The Bertz CT molecular complexity index is 1750. The molecule has 0 bridgehead atoms. The lowest BCUT2D eigenvalue weighted by Crippen LogP contribution is -2.31. The topological polar surface area (TPSA) is 58.4 Å². The van der Waals surface area contributed by atoms with Gasteiger partial charge in [0.05, 0.1) is 11.2 Å². The smallest absolute Gasteiger partial charge is 0.328 e. The Morgan fingerprint density at radius 1 is 1.00 bits per heavy atom. The zero-order valence-electron chi connectivity index (χ0n) is 21.4. The van der Waals surface area contributed by atoms with Crippen molar-refractivity contribution in [2.24, 2.45) is 0 Å². The number of hydrogen-bond acceptors (Lipinski definition) is 3. The van der Waals surface area contributed by atoms with E-state index in [9.17, 15) is 4.79 Å². The van der Waals surface area contributed by atoms with Crippen molar-refractivity contribution in [3.63, 3.8) is 0 Å². The van der Waals surface area contributed by atoms with Gasteiger partial charge in [-0.25, -0.2) is 9.78 Å². The Hall–Kier alpha value is -4.19. The minimum Gasteiger partial charge on any atom is -0.478 e. The van der Waals surface area contributed by atoms with E-state index in [0.29, 0.717) is 11.6 Å². The molecule has 1 aliphatic rings. The van der Waals surface area contributed by atoms with Gasteiger partial charge in [0.1, 0.15) is 0 Å². The highest BCUT2D eigenvalue weighted by Gasteiger charge is 2.23. The summed E-state index contributed by atoms with van der Waals surface area (Å²) in [6.07, 6.45) is 8.04. The van der Waals surface area contributed by atoms with Gasteiger partial charge < -0.3 is 9.67 Å². The SMILES string of the molecule is O=C(O)/C=C/CN1CCc2c(c3ccccc3n2Cc2cccc(/C=C/c3ccc4ccc(Cl)cc4n3)c2)C1. The van der Waals surface area contributed by atoms with E-state index in [-0.39, 0.29) is 0 Å². The quantitative estimate of drug-likeness (QED) is 0.227. The van der Waals surface area contributed by atoms with E-state index < -0.39 is 5.97 Å². The Balaban J connectivity index is 1.25. The van der Waals surface area contributed by atoms with Crippen LogP contribution in [0.5, 0.6) is 0 Å². The first-order valence-electron chi connectivity index (χ1n) is 13.1. The molecule has 5 aromatic rings. The van der Waals surface area contributed by atoms with Gasteiger partial charge in [-0.2, -0.15) is 0 Å². The number of nitrogens with zero attached hydrogens (tertiary/aromatic N) is 3. The maximum atomic E-state index is 10.9. The molecule has 39 heavy (non-hydrogen) atoms. The Labute approximate surface area is 232 Å². The van der Waals surface area contributed by atoms with E-state index in [2.05, 4.69) is 70.1 Å². The van der Waals surface area contributed by atoms with E-state index in [1.807, 2.05) is 30.3 Å². The third kappa shape index (κ3) is 5.51. The van der Waals surface area contributed by atoms with Crippen molar-refractivity contribution in [3.05, 3.63) is 124 Å². The molecule has 6 heteroatoms. The van der Waals surface area contributed by atoms with Crippen molar-refractivity contribution < 1.29 is 9.90 Å². The summed E-state index contributed by atoms with van der Waals surface area (Å²) in [5.74, 6) is -0.903. The Morgan fingerprint density at radius 2 is 1.87 bits per heavy atom. The number of aromatic nitrogens is 2. The maximum absolute atomic E-state index is 10.9. The zero-order valence-corrected chi connectivity index (χ0v) is 22.2. The van der Waals surface area contributed by atoms with Crippen molar-refractivity contribution in [2.75, 3.05) is 13.1 Å². The lowest BCUT2D eigenvalue weighted by atomic mass is 10.0. The highest BCUT2D eigenvalue weighted by molar-refractivity contribution is 6.31. The molecule has 0 saturated heterocycles. The molecule has 3 heterocycles. The summed E-state index contributed by atoms with van der Waals surface area (Å²) < 4.78 is 2.45. The summed E-state index contributed by atoms with van der Waals surface area (Å²) in [4.78, 5) is 17.9. The molecule has 0 amide bonds. The van der Waals surface area contributed by atoms with Gasteiger partial charge >= 0.3 is 5.97 Å². The number of carboxylic acid groups (broad SMARTS) is 1. The summed E-state index contributed by atoms with van der Waals surface area (Å²) in [6.45, 7) is 3.15. The highest BCUT2D eigenvalue weighted by Crippen LogP contribution is 2.32. The molecule has 1 aliphatic heterocycles. The van der Waals surface area contributed by atoms with Crippen LogP contribution in [0.15, 0.2) is 91.0 Å². The molecular weight excluding hydrogens is 506 g/mol. The predicted molar refractivity (Wildman–Crippen MR) is 159 cm³/mol. The number of carboxylic acids is 1. The number of halogens is 1. The summed E-state index contributed by atoms with van der Waals surface area (Å²) in [5.41, 5.74) is 8.11. The standard InChI is InChI=1S/C33H28ClN3O2/c34-26-13-11-25-12-15-27(35-30(25)20-26)14-10-23-5-3-6-24(19-23)21-37-31-8-2-1-7-28(31)29-22-36(18-16-32(29)37)17-4-9-33(38)39/h1-15,19-20H,16-18,21-22H2,(H,38,39)/b9-4+,14-10+. The van der Waals surface area contributed by atoms with Gasteiger partial charge in [0.25, 0.3) is 0 Å². The number of hydrogen-bond donors (Lipinski definition) is 1. The summed E-state index contributed by atoms with van der Waals surface area (Å²) in [6, 6.07) is 27.1. The molecule has 0 aliphatic carbocycles. The van der Waals surface area contributed by atoms with Crippen LogP contribution in [-0.2, 0) is 24.3 Å². The molecular formula is C33H28ClN3O2. The van der Waals surface area contributed by atoms with Gasteiger partial charge in [-0.15, -0.1) is 0 Å². The summed E-state index contributed by atoms with van der Waals surface area (Å²) in [7, 11) is 0. The van der Waals surface area contributed by atoms with Crippen LogP contribution in [0.3, 0.4) is 0 Å². The first-order chi connectivity index (χ1) is 19.0. The fourth-order valence-corrected chi connectivity index (χ4v) is 5.62. The molecule has 5 nitrogen and oxygen atoms in total. The molecule has 3 aromatic carbocycles. The lowest BCUT2D eigenvalue weighted by molar-refractivity contribution is -0.131. The van der Waals surface area contributed by atoms with E-state index in [1.165, 1.54) is 33.8 Å². The Morgan fingerprint density at radius 3 is 2.77 bits per heavy atom. The third-order valence-electron chi connectivity index (χ3n) is 7.28. The first-order valence-corrected chi connectivity index (χ1v) is 13.5. The van der Waals surface area contributed by atoms with Gasteiger partial charge in [0, 0.05) is 65.7 Å². The van der Waals surface area contributed by atoms with Crippen molar-refractivity contribution in [1.82, 2.24) is 14.5 Å². The van der Waals surface area contributed by atoms with Gasteiger partial charge in [-0.1, -0.05) is 72.3 Å². The molecule has 0 spiro atoms. The van der Waals surface area contributed by atoms with Crippen LogP contribution < -0.4 is 0 Å². The molecule has 1 N–H and O–H groups in total. The molecule has 2 aromatic heterocycles. The summed E-state index contributed by atoms with van der Waals surface area (Å²) in [5, 5.41) is 12.0. The van der Waals surface area contributed by atoms with Crippen LogP contribution in [0.4, 0.5) is 0 Å². The van der Waals surface area contributed by atoms with Crippen molar-refractivity contribution in [1.29, 1.82) is 0 Å². The Kier molecular flexibility index (Phi) is 7.01. The van der Waals surface area contributed by atoms with Crippen LogP contribution in [0.1, 0.15) is 28.1 Å². The van der Waals surface area contributed by atoms with Crippen LogP contribution in [0.2, 0.25) is 5.02 Å². The monoisotopic (exact) mass is 533 g/mol. The number of aliphatic carboxylic acids is 1. The van der Waals surface area contributed by atoms with E-state index in [4.69, 9.17) is 21.7 Å². The second-order valence-corrected chi connectivity index (χ2v) is 10.3. The highest BCUT2D eigenvalue weighted by atomic mass is 35.5. The minimum atomic E-state index is -0.903. The molecule has 6 rings (SSSR count). The van der Waals surface area contributed by atoms with Crippen LogP contribution in [0, 0.1) is 0 Å². The normalized spacial score (nSPS) is 14.1. The lowest BCUT2D eigenvalue weighted by Gasteiger charge is -2.27. The van der Waals surface area contributed by atoms with Gasteiger partial charge in [-0.05, 0) is 53.1 Å². The van der Waals surface area contributed by atoms with E-state index >= 15 is 0 Å². The molecule has 0 radical (unpaired) electrons. The third-order valence-corrected chi connectivity index (χ3v) is 7.51. The van der Waals surface area contributed by atoms with Crippen LogP contribution >= 0.6 is 11.6 Å². The average Bonchev–Trinajstić information content (AvgIpc) is 3.24. The second-order valence-electron chi connectivity index (χ2n) is 9.91. The second kappa shape index (κ2) is 10.9. The number of pyridine rings is 1. The fourth-order valence-electron chi connectivity index (χ4n) is 5.45. The van der Waals surface area contributed by atoms with Gasteiger partial charge in [0.15, 0.2) is 0 Å². The molecule has 0 fully saturated rings. The fraction of sp³-hybridized carbons (Fsp3) is 0.152. The molecule has 0 saturated carbocycles. The van der Waals surface area contributed by atoms with Crippen molar-refractivity contribution in [2.45, 2.75) is 19.5 Å². The van der Waals surface area contributed by atoms with Crippen molar-refractivity contribution in [3.8, 4) is 0 Å². The number of rotatable bonds is 7. The van der Waals surface area contributed by atoms with Crippen LogP contribution in [0.25, 0.3) is 34.0 Å². The summed E-state index contributed by atoms with van der Waals surface area (Å²) >= 11 is 6.15. The number of carbonyl (C=O) groups is 1. The largest absolute Gasteiger partial charge is 0.478 e. The van der Waals surface area contributed by atoms with Crippen molar-refractivity contribution >= 4 is 51.5 Å². The zero-order chi connectivity index (χ0) is 26.8. The molecule has 0 atom stereocenters. The molecule has 194 valence electrons. The van der Waals surface area contributed by atoms with E-state index in [0.717, 1.165) is 48.2 Å². The van der Waals surface area contributed by atoms with Gasteiger partial charge in [0.2, 0.25) is 0 Å². The van der Waals surface area contributed by atoms with E-state index in [1.54, 1.807) is 6.08 Å². The van der Waals surface area contributed by atoms with Gasteiger partial charge in [-0.3, -0.25) is 4.90 Å². The number of benzene rings is 3. The molecule has 0 unspecified atom stereocenters. The number of para-hydroxylation sites is 1.